The van der Waals surface area contributed by atoms with Gasteiger partial charge in [-0.1, -0.05) is 212 Å². The van der Waals surface area contributed by atoms with Crippen molar-refractivity contribution in [3.05, 3.63) is 263 Å². The van der Waals surface area contributed by atoms with Gasteiger partial charge in [-0.25, -0.2) is 0 Å². The van der Waals surface area contributed by atoms with Gasteiger partial charge in [0.25, 0.3) is 0 Å². The number of nitrogens with one attached hydrogen (secondary N) is 1. The van der Waals surface area contributed by atoms with Gasteiger partial charge in [0.1, 0.15) is 0 Å². The summed E-state index contributed by atoms with van der Waals surface area (Å²) in [7, 11) is 0. The SMILES string of the molecule is C/C=C\C.C=N/C(=C\C(=N)c1ccc(-c2cccc3c2Oc2ccc4c(c2O3)C2=C(C=CCC2)C4(c2ccccc2)C2C=CC=CC2)cc1)c1ccccc1.Cc1ccc(-c2ccccc2)cc1. The highest BCUT2D eigenvalue weighted by molar-refractivity contribution is 6.10. The third kappa shape index (κ3) is 8.94. The third-order valence-corrected chi connectivity index (χ3v) is 13.1. The highest BCUT2D eigenvalue weighted by Crippen LogP contribution is 2.63. The van der Waals surface area contributed by atoms with Crippen LogP contribution in [0.15, 0.2) is 235 Å². The summed E-state index contributed by atoms with van der Waals surface area (Å²) < 4.78 is 13.8. The van der Waals surface area contributed by atoms with Gasteiger partial charge in [0.05, 0.1) is 16.8 Å². The molecule has 11 rings (SSSR count). The zero-order valence-corrected chi connectivity index (χ0v) is 39.0. The Labute approximate surface area is 401 Å². The number of aryl methyl sites for hydroxylation is 1. The number of fused-ring (bicyclic) bond motifs is 5. The lowest BCUT2D eigenvalue weighted by Crippen LogP contribution is -2.36. The summed E-state index contributed by atoms with van der Waals surface area (Å²) in [5.74, 6) is 3.18. The Kier molecular flexibility index (Phi) is 13.7. The van der Waals surface area contributed by atoms with E-state index in [2.05, 4.69) is 152 Å². The minimum Gasteiger partial charge on any atom is -0.449 e. The number of allylic oxidation sites excluding steroid dienone is 11. The third-order valence-electron chi connectivity index (χ3n) is 13.1. The molecule has 4 heteroatoms. The molecule has 4 nitrogen and oxygen atoms in total. The monoisotopic (exact) mass is 884 g/mol. The van der Waals surface area contributed by atoms with E-state index in [1.807, 2.05) is 98.8 Å². The number of hydrogen-bond acceptors (Lipinski definition) is 4. The van der Waals surface area contributed by atoms with Crippen molar-refractivity contribution in [1.29, 1.82) is 5.41 Å². The van der Waals surface area contributed by atoms with Crippen molar-refractivity contribution in [3.8, 4) is 45.3 Å². The first-order valence-corrected chi connectivity index (χ1v) is 23.5. The largest absolute Gasteiger partial charge is 0.449 e. The van der Waals surface area contributed by atoms with Crippen molar-refractivity contribution in [2.45, 2.75) is 45.4 Å². The molecule has 0 amide bonds. The summed E-state index contributed by atoms with van der Waals surface area (Å²) in [6.45, 7) is 9.83. The maximum absolute atomic E-state index is 8.77. The molecule has 0 fully saturated rings. The Morgan fingerprint density at radius 2 is 1.29 bits per heavy atom. The summed E-state index contributed by atoms with van der Waals surface area (Å²) in [5.41, 5.74) is 14.7. The predicted molar refractivity (Wildman–Crippen MR) is 285 cm³/mol. The second-order valence-corrected chi connectivity index (χ2v) is 17.3. The van der Waals surface area contributed by atoms with E-state index in [0.29, 0.717) is 22.9 Å². The molecule has 4 aliphatic rings. The van der Waals surface area contributed by atoms with E-state index in [-0.39, 0.29) is 11.3 Å². The van der Waals surface area contributed by atoms with Crippen LogP contribution in [0.3, 0.4) is 0 Å². The smallest absolute Gasteiger partial charge is 0.177 e. The molecule has 0 saturated heterocycles. The summed E-state index contributed by atoms with van der Waals surface area (Å²) >= 11 is 0. The number of benzene rings is 7. The van der Waals surface area contributed by atoms with Crippen molar-refractivity contribution < 1.29 is 9.47 Å². The molecule has 0 radical (unpaired) electrons. The Bertz CT molecular complexity index is 3110. The quantitative estimate of drug-likeness (QED) is 0.122. The van der Waals surface area contributed by atoms with Gasteiger partial charge in [-0.3, -0.25) is 4.99 Å². The van der Waals surface area contributed by atoms with Gasteiger partial charge in [0, 0.05) is 16.7 Å². The van der Waals surface area contributed by atoms with E-state index in [1.165, 1.54) is 44.5 Å². The first-order valence-electron chi connectivity index (χ1n) is 23.5. The van der Waals surface area contributed by atoms with Crippen LogP contribution in [0.2, 0.25) is 0 Å². The van der Waals surface area contributed by atoms with Gasteiger partial charge in [0.15, 0.2) is 23.0 Å². The number of hydrogen-bond donors (Lipinski definition) is 1. The van der Waals surface area contributed by atoms with Crippen LogP contribution in [0.4, 0.5) is 0 Å². The van der Waals surface area contributed by atoms with Gasteiger partial charge < -0.3 is 14.9 Å². The molecular formula is C64H56N2O2. The maximum atomic E-state index is 8.77. The molecule has 1 N–H and O–H groups in total. The first-order chi connectivity index (χ1) is 33.4. The van der Waals surface area contributed by atoms with Gasteiger partial charge in [-0.05, 0) is 115 Å². The number of ether oxygens (including phenoxy) is 2. The number of para-hydroxylation sites is 1. The lowest BCUT2D eigenvalue weighted by atomic mass is 9.61. The van der Waals surface area contributed by atoms with Crippen LogP contribution in [0.5, 0.6) is 23.0 Å². The first kappa shape index (κ1) is 45.1. The second-order valence-electron chi connectivity index (χ2n) is 17.3. The molecule has 7 aromatic carbocycles. The van der Waals surface area contributed by atoms with Gasteiger partial charge in [-0.15, -0.1) is 0 Å². The van der Waals surface area contributed by atoms with E-state index in [0.717, 1.165) is 53.0 Å². The summed E-state index contributed by atoms with van der Waals surface area (Å²) in [6.07, 6.45) is 22.4. The van der Waals surface area contributed by atoms with Crippen molar-refractivity contribution in [2.24, 2.45) is 10.9 Å². The fourth-order valence-corrected chi connectivity index (χ4v) is 9.74. The number of nitrogens with zero attached hydrogens (tertiary/aromatic N) is 1. The van der Waals surface area contributed by atoms with Gasteiger partial charge >= 0.3 is 0 Å². The second kappa shape index (κ2) is 20.6. The lowest BCUT2D eigenvalue weighted by Gasteiger charge is -2.41. The lowest BCUT2D eigenvalue weighted by molar-refractivity contribution is 0.358. The highest BCUT2D eigenvalue weighted by atomic mass is 16.6. The minimum atomic E-state index is -0.334. The Morgan fingerprint density at radius 3 is 1.97 bits per heavy atom. The molecule has 7 aromatic rings. The molecule has 1 aliphatic heterocycles. The Balaban J connectivity index is 0.000000287. The summed E-state index contributed by atoms with van der Waals surface area (Å²) in [6, 6.07) is 58.3. The molecule has 2 atom stereocenters. The van der Waals surface area contributed by atoms with Crippen molar-refractivity contribution in [2.75, 3.05) is 0 Å². The molecule has 334 valence electrons. The van der Waals surface area contributed by atoms with Crippen LogP contribution in [-0.4, -0.2) is 12.4 Å². The predicted octanol–water partition coefficient (Wildman–Crippen LogP) is 17.1. The fraction of sp³-hybridized carbons (Fsp3) is 0.125. The van der Waals surface area contributed by atoms with E-state index in [4.69, 9.17) is 14.9 Å². The highest BCUT2D eigenvalue weighted by Gasteiger charge is 2.51. The average molecular weight is 885 g/mol. The van der Waals surface area contributed by atoms with E-state index in [9.17, 15) is 0 Å². The molecule has 2 unspecified atom stereocenters. The number of rotatable bonds is 8. The van der Waals surface area contributed by atoms with Crippen molar-refractivity contribution in [1.82, 2.24) is 0 Å². The minimum absolute atomic E-state index is 0.262. The van der Waals surface area contributed by atoms with E-state index in [1.54, 1.807) is 6.08 Å². The number of aliphatic imine (C=N–C) groups is 1. The summed E-state index contributed by atoms with van der Waals surface area (Å²) in [4.78, 5) is 4.17. The topological polar surface area (TPSA) is 54.7 Å². The van der Waals surface area contributed by atoms with Gasteiger partial charge in [0.2, 0.25) is 0 Å². The molecule has 3 aliphatic carbocycles. The zero-order valence-electron chi connectivity index (χ0n) is 39.0. The van der Waals surface area contributed by atoms with Gasteiger partial charge in [-0.2, -0.15) is 0 Å². The van der Waals surface area contributed by atoms with Crippen molar-refractivity contribution >= 4 is 23.7 Å². The molecule has 0 aromatic heterocycles. The molecule has 1 heterocycles. The Morgan fingerprint density at radius 1 is 0.647 bits per heavy atom. The zero-order chi connectivity index (χ0) is 46.9. The van der Waals surface area contributed by atoms with Crippen LogP contribution >= 0.6 is 0 Å². The van der Waals surface area contributed by atoms with E-state index >= 15 is 0 Å². The molecule has 68 heavy (non-hydrogen) atoms. The average Bonchev–Trinajstić information content (AvgIpc) is 3.72. The van der Waals surface area contributed by atoms with Crippen molar-refractivity contribution in [3.63, 3.8) is 0 Å². The van der Waals surface area contributed by atoms with Crippen LogP contribution in [0.1, 0.15) is 66.5 Å². The molecule has 0 bridgehead atoms. The molecular weight excluding hydrogens is 829 g/mol. The van der Waals surface area contributed by atoms with Crippen LogP contribution in [-0.2, 0) is 5.41 Å². The van der Waals surface area contributed by atoms with Crippen LogP contribution in [0.25, 0.3) is 33.5 Å². The van der Waals surface area contributed by atoms with Crippen LogP contribution in [0, 0.1) is 18.3 Å². The fourth-order valence-electron chi connectivity index (χ4n) is 9.74. The molecule has 0 spiro atoms. The summed E-state index contributed by atoms with van der Waals surface area (Å²) in [5, 5.41) is 8.77. The van der Waals surface area contributed by atoms with Crippen LogP contribution < -0.4 is 9.47 Å². The molecule has 0 saturated carbocycles. The standard InChI is InChI=1S/C47H36N2O2.C13H12.C4H8/c1-49-41(33-14-5-2-6-15-33)30-40(48)32-26-24-31(25-27-32)36-21-13-23-42-45(36)50-43-29-28-39-44(46(43)51-42)37-20-11-12-22-38(37)47(39,34-16-7-3-8-17-34)35-18-9-4-10-19-35;1-11-7-9-13(10-8-11)12-5-3-2-4-6-12;1-3-4-2/h2-10,12-18,21-30,35,48H,1,11,19-20H2;2-10H,1H3;3-4H,1-2H3/b41-30-,48-40?;;4-3-. The van der Waals surface area contributed by atoms with E-state index < -0.39 is 0 Å². The normalized spacial score (nSPS) is 17.2. The maximum Gasteiger partial charge on any atom is 0.177 e. The Hall–Kier alpha value is -8.08.